The van der Waals surface area contributed by atoms with E-state index in [1.165, 1.54) is 29.1 Å². The molecule has 1 aliphatic rings. The van der Waals surface area contributed by atoms with E-state index in [9.17, 15) is 0 Å². The number of tetrazole rings is 1. The third-order valence-electron chi connectivity index (χ3n) is 4.91. The van der Waals surface area contributed by atoms with E-state index in [1.807, 2.05) is 6.33 Å². The first-order valence-electron chi connectivity index (χ1n) is 8.73. The summed E-state index contributed by atoms with van der Waals surface area (Å²) < 4.78 is 2.25. The summed E-state index contributed by atoms with van der Waals surface area (Å²) >= 11 is 0. The fraction of sp³-hybridized carbons (Fsp3) is 0.444. The Balaban J connectivity index is 1.63. The minimum absolute atomic E-state index is 0.278. The highest BCUT2D eigenvalue weighted by atomic mass is 15.5. The van der Waals surface area contributed by atoms with Gasteiger partial charge in [0.15, 0.2) is 5.82 Å². The second-order valence-corrected chi connectivity index (χ2v) is 6.45. The van der Waals surface area contributed by atoms with E-state index in [-0.39, 0.29) is 5.92 Å². The van der Waals surface area contributed by atoms with Gasteiger partial charge >= 0.3 is 0 Å². The third kappa shape index (κ3) is 2.72. The molecule has 1 unspecified atom stereocenters. The summed E-state index contributed by atoms with van der Waals surface area (Å²) in [6.07, 6.45) is 8.37. The first-order valence-corrected chi connectivity index (χ1v) is 8.73. The number of para-hydroxylation sites is 1. The number of imidazole rings is 1. The second kappa shape index (κ2) is 6.55. The molecule has 1 N–H and O–H groups in total. The van der Waals surface area contributed by atoms with Crippen molar-refractivity contribution >= 4 is 0 Å². The molecule has 2 aromatic heterocycles. The second-order valence-electron chi connectivity index (χ2n) is 6.45. The Morgan fingerprint density at radius 3 is 3.00 bits per heavy atom. The Morgan fingerprint density at radius 2 is 2.17 bits per heavy atom. The number of benzene rings is 1. The highest BCUT2D eigenvalue weighted by Crippen LogP contribution is 2.30. The Hall–Kier alpha value is -2.50. The summed E-state index contributed by atoms with van der Waals surface area (Å²) in [4.78, 5) is 4.73. The molecule has 0 aliphatic carbocycles. The lowest BCUT2D eigenvalue weighted by atomic mass is 9.93. The van der Waals surface area contributed by atoms with Crippen LogP contribution < -0.4 is 0 Å². The molecule has 1 aromatic carbocycles. The number of hydrogen-bond donors (Lipinski definition) is 1. The summed E-state index contributed by atoms with van der Waals surface area (Å²) in [6, 6.07) is 8.59. The van der Waals surface area contributed by atoms with Gasteiger partial charge in [0.25, 0.3) is 0 Å². The van der Waals surface area contributed by atoms with E-state index in [0.717, 1.165) is 37.9 Å². The molecule has 0 radical (unpaired) electrons. The largest absolute Gasteiger partial charge is 0.303 e. The van der Waals surface area contributed by atoms with Crippen LogP contribution in [0.2, 0.25) is 0 Å². The van der Waals surface area contributed by atoms with Gasteiger partial charge < -0.3 is 4.57 Å². The van der Waals surface area contributed by atoms with Crippen molar-refractivity contribution in [3.05, 3.63) is 53.4 Å². The molecular weight excluding hydrogens is 300 g/mol. The lowest BCUT2D eigenvalue weighted by Gasteiger charge is -2.20. The molecule has 0 bridgehead atoms. The van der Waals surface area contributed by atoms with Crippen LogP contribution in [-0.4, -0.2) is 30.2 Å². The van der Waals surface area contributed by atoms with Crippen LogP contribution in [-0.2, 0) is 19.3 Å². The summed E-state index contributed by atoms with van der Waals surface area (Å²) in [5, 5.41) is 14.8. The number of H-pyrrole nitrogens is 1. The number of aromatic nitrogens is 6. The smallest absolute Gasteiger partial charge is 0.178 e. The van der Waals surface area contributed by atoms with Crippen LogP contribution in [0.15, 0.2) is 30.6 Å². The predicted octanol–water partition coefficient (Wildman–Crippen LogP) is 3.00. The molecular formula is C18H22N6. The van der Waals surface area contributed by atoms with Crippen LogP contribution in [0.5, 0.6) is 0 Å². The fourth-order valence-electron chi connectivity index (χ4n) is 3.61. The fourth-order valence-corrected chi connectivity index (χ4v) is 3.61. The number of fused-ring (bicyclic) bond motifs is 3. The highest BCUT2D eigenvalue weighted by molar-refractivity contribution is 5.46. The average molecular weight is 322 g/mol. The maximum Gasteiger partial charge on any atom is 0.178 e. The minimum Gasteiger partial charge on any atom is -0.303 e. The van der Waals surface area contributed by atoms with Crippen molar-refractivity contribution in [2.75, 3.05) is 0 Å². The van der Waals surface area contributed by atoms with Crippen LogP contribution >= 0.6 is 0 Å². The lowest BCUT2D eigenvalue weighted by molar-refractivity contribution is 0.547. The van der Waals surface area contributed by atoms with E-state index >= 15 is 0 Å². The van der Waals surface area contributed by atoms with Gasteiger partial charge in [0, 0.05) is 23.7 Å². The average Bonchev–Trinajstić information content (AvgIpc) is 3.28. The quantitative estimate of drug-likeness (QED) is 0.757. The molecule has 1 atom stereocenters. The first-order chi connectivity index (χ1) is 11.9. The third-order valence-corrected chi connectivity index (χ3v) is 4.91. The summed E-state index contributed by atoms with van der Waals surface area (Å²) in [7, 11) is 0. The van der Waals surface area contributed by atoms with Crippen LogP contribution in [0.25, 0.3) is 5.69 Å². The number of unbranched alkanes of at least 4 members (excludes halogenated alkanes) is 1. The van der Waals surface area contributed by atoms with Gasteiger partial charge in [-0.3, -0.25) is 0 Å². The minimum atomic E-state index is 0.278. The van der Waals surface area contributed by atoms with Gasteiger partial charge in [-0.15, -0.1) is 10.2 Å². The van der Waals surface area contributed by atoms with Crippen molar-refractivity contribution in [1.29, 1.82) is 0 Å². The maximum atomic E-state index is 4.73. The number of nitrogens with zero attached hydrogens (tertiary/aromatic N) is 5. The molecule has 1 aliphatic heterocycles. The Morgan fingerprint density at radius 1 is 1.25 bits per heavy atom. The standard InChI is InChI=1S/C18H22N6/c1-2-3-6-14(18-20-22-23-21-18)11-15-17-10-9-13-7-4-5-8-16(13)24(17)12-19-15/h4-5,7-8,12,14H,2-3,6,9-11H2,1H3,(H,20,21,22,23). The highest BCUT2D eigenvalue weighted by Gasteiger charge is 2.23. The molecule has 0 saturated carbocycles. The molecule has 0 amide bonds. The number of aryl methyl sites for hydroxylation is 1. The number of aromatic amines is 1. The molecule has 24 heavy (non-hydrogen) atoms. The van der Waals surface area contributed by atoms with Crippen molar-refractivity contribution in [2.24, 2.45) is 0 Å². The van der Waals surface area contributed by atoms with Gasteiger partial charge in [0.05, 0.1) is 12.0 Å². The lowest BCUT2D eigenvalue weighted by Crippen LogP contribution is -2.14. The number of hydrogen-bond acceptors (Lipinski definition) is 4. The van der Waals surface area contributed by atoms with Crippen molar-refractivity contribution in [1.82, 2.24) is 30.2 Å². The van der Waals surface area contributed by atoms with E-state index in [0.29, 0.717) is 0 Å². The Kier molecular flexibility index (Phi) is 4.11. The zero-order valence-electron chi connectivity index (χ0n) is 13.9. The molecule has 0 saturated heterocycles. The van der Waals surface area contributed by atoms with Crippen molar-refractivity contribution in [3.8, 4) is 5.69 Å². The molecule has 6 heteroatoms. The molecule has 6 nitrogen and oxygen atoms in total. The molecule has 124 valence electrons. The van der Waals surface area contributed by atoms with E-state index in [1.54, 1.807) is 0 Å². The van der Waals surface area contributed by atoms with Crippen LogP contribution in [0.3, 0.4) is 0 Å². The molecule has 3 heterocycles. The van der Waals surface area contributed by atoms with Gasteiger partial charge in [-0.05, 0) is 30.9 Å². The monoisotopic (exact) mass is 322 g/mol. The zero-order valence-corrected chi connectivity index (χ0v) is 13.9. The van der Waals surface area contributed by atoms with Crippen LogP contribution in [0.1, 0.15) is 54.9 Å². The Bertz CT molecular complexity index is 805. The SMILES string of the molecule is CCCCC(Cc1ncn2c1CCc1ccccc1-2)c1nn[nH]n1. The van der Waals surface area contributed by atoms with Gasteiger partial charge in [-0.1, -0.05) is 43.2 Å². The van der Waals surface area contributed by atoms with E-state index in [4.69, 9.17) is 4.98 Å². The molecule has 3 aromatic rings. The number of nitrogens with one attached hydrogen (secondary N) is 1. The van der Waals surface area contributed by atoms with Gasteiger partial charge in [0.1, 0.15) is 0 Å². The normalized spacial score (nSPS) is 14.2. The summed E-state index contributed by atoms with van der Waals surface area (Å²) in [5.41, 5.74) is 5.17. The predicted molar refractivity (Wildman–Crippen MR) is 91.1 cm³/mol. The van der Waals surface area contributed by atoms with Gasteiger partial charge in [-0.2, -0.15) is 5.21 Å². The van der Waals surface area contributed by atoms with Crippen molar-refractivity contribution < 1.29 is 0 Å². The number of rotatable bonds is 6. The molecule has 4 rings (SSSR count). The van der Waals surface area contributed by atoms with E-state index < -0.39 is 0 Å². The maximum absolute atomic E-state index is 4.73. The van der Waals surface area contributed by atoms with Crippen LogP contribution in [0, 0.1) is 0 Å². The van der Waals surface area contributed by atoms with E-state index in [2.05, 4.69) is 56.4 Å². The van der Waals surface area contributed by atoms with Gasteiger partial charge in [-0.25, -0.2) is 4.98 Å². The first kappa shape index (κ1) is 15.1. The van der Waals surface area contributed by atoms with Crippen molar-refractivity contribution in [3.63, 3.8) is 0 Å². The van der Waals surface area contributed by atoms with Gasteiger partial charge in [0.2, 0.25) is 0 Å². The molecule has 0 fully saturated rings. The zero-order chi connectivity index (χ0) is 16.4. The summed E-state index contributed by atoms with van der Waals surface area (Å²) in [6.45, 7) is 2.21. The summed E-state index contributed by atoms with van der Waals surface area (Å²) in [5.74, 6) is 1.09. The molecule has 0 spiro atoms. The van der Waals surface area contributed by atoms with Crippen LogP contribution in [0.4, 0.5) is 0 Å². The Labute approximate surface area is 141 Å². The van der Waals surface area contributed by atoms with Crippen molar-refractivity contribution in [2.45, 2.75) is 51.4 Å². The topological polar surface area (TPSA) is 72.3 Å².